The van der Waals surface area contributed by atoms with Crippen LogP contribution in [0, 0.1) is 6.57 Å². The fourth-order valence-corrected chi connectivity index (χ4v) is 6.45. The van der Waals surface area contributed by atoms with Crippen LogP contribution in [0.2, 0.25) is 5.02 Å². The van der Waals surface area contributed by atoms with Gasteiger partial charge in [0.15, 0.2) is 0 Å². The third kappa shape index (κ3) is 5.21. The minimum atomic E-state index is -0.579. The molecular weight excluding hydrogens is 500 g/mol. The first-order chi connectivity index (χ1) is 18.4. The largest absolute Gasteiger partial charge is 0.322 e. The van der Waals surface area contributed by atoms with Crippen molar-refractivity contribution in [3.8, 4) is 0 Å². The lowest BCUT2D eigenvalue weighted by atomic mass is 9.81. The van der Waals surface area contributed by atoms with Crippen LogP contribution >= 0.6 is 11.6 Å². The summed E-state index contributed by atoms with van der Waals surface area (Å²) in [5, 5.41) is 3.05. The number of hydrogen-bond donors (Lipinski definition) is 1. The van der Waals surface area contributed by atoms with Crippen LogP contribution in [0.3, 0.4) is 0 Å². The molecule has 2 fully saturated rings. The number of aryl methyl sites for hydroxylation is 1. The molecule has 38 heavy (non-hydrogen) atoms. The third-order valence-corrected chi connectivity index (χ3v) is 8.70. The number of piperidine rings is 2. The highest BCUT2D eigenvalue weighted by Crippen LogP contribution is 2.40. The number of likely N-dealkylation sites (tertiary alicyclic amines) is 1. The number of fused-ring (bicyclic) bond motifs is 1. The molecule has 3 aliphatic heterocycles. The van der Waals surface area contributed by atoms with Crippen LogP contribution in [0.25, 0.3) is 4.85 Å². The van der Waals surface area contributed by atoms with Gasteiger partial charge >= 0.3 is 0 Å². The molecule has 0 saturated carbocycles. The van der Waals surface area contributed by atoms with E-state index in [0.717, 1.165) is 69.3 Å². The van der Waals surface area contributed by atoms with Crippen molar-refractivity contribution in [1.29, 1.82) is 0 Å². The van der Waals surface area contributed by atoms with Crippen LogP contribution in [-0.4, -0.2) is 53.2 Å². The first kappa shape index (κ1) is 26.4. The van der Waals surface area contributed by atoms with E-state index in [0.29, 0.717) is 23.6 Å². The zero-order chi connectivity index (χ0) is 26.7. The molecule has 1 N–H and O–H groups in total. The van der Waals surface area contributed by atoms with Gasteiger partial charge in [0, 0.05) is 44.5 Å². The van der Waals surface area contributed by atoms with Gasteiger partial charge in [0.05, 0.1) is 10.6 Å². The molecule has 2 aromatic rings. The molecule has 1 unspecified atom stereocenters. The summed E-state index contributed by atoms with van der Waals surface area (Å²) in [7, 11) is 0. The monoisotopic (exact) mass is 532 g/mol. The number of imide groups is 1. The normalized spacial score (nSPS) is 21.2. The topological polar surface area (TPSA) is 74.1 Å². The number of carbonyl (C=O) groups is 3. The molecule has 3 amide bonds. The van der Waals surface area contributed by atoms with Gasteiger partial charge in [-0.2, -0.15) is 0 Å². The molecule has 7 nitrogen and oxygen atoms in total. The number of hydrogen-bond acceptors (Lipinski definition) is 4. The van der Waals surface area contributed by atoms with Crippen molar-refractivity contribution in [2.45, 2.75) is 69.5 Å². The smallest absolute Gasteiger partial charge is 0.261 e. The summed E-state index contributed by atoms with van der Waals surface area (Å²) in [4.78, 5) is 45.0. The van der Waals surface area contributed by atoms with Gasteiger partial charge < -0.3 is 14.6 Å². The van der Waals surface area contributed by atoms with Crippen molar-refractivity contribution in [1.82, 2.24) is 15.1 Å². The van der Waals surface area contributed by atoms with Crippen molar-refractivity contribution in [2.24, 2.45) is 0 Å². The standard InChI is InChI=1S/C30H33ClN4O3/c1-32-30(24-11-4-5-12-25(24)31)15-18-34(19-16-30)17-6-2-3-8-21-9-7-10-22-23(21)20-35(29(22)38)26-13-14-27(36)33-28(26)37/h4-5,7,9-12,26H,2-3,6,8,13-20H2,(H,33,36,37). The number of benzene rings is 2. The Morgan fingerprint density at radius 3 is 2.55 bits per heavy atom. The summed E-state index contributed by atoms with van der Waals surface area (Å²) in [5.74, 6) is -0.761. The Labute approximate surface area is 228 Å². The van der Waals surface area contributed by atoms with Crippen LogP contribution in [0.15, 0.2) is 42.5 Å². The Hall–Kier alpha value is -3.21. The van der Waals surface area contributed by atoms with Gasteiger partial charge in [0.2, 0.25) is 11.8 Å². The number of carbonyl (C=O) groups excluding carboxylic acids is 3. The van der Waals surface area contributed by atoms with E-state index in [4.69, 9.17) is 18.2 Å². The molecule has 0 bridgehead atoms. The summed E-state index contributed by atoms with van der Waals surface area (Å²) in [6.07, 6.45) is 6.35. The minimum absolute atomic E-state index is 0.117. The molecule has 0 radical (unpaired) electrons. The van der Waals surface area contributed by atoms with Crippen LogP contribution in [0.1, 0.15) is 72.0 Å². The van der Waals surface area contributed by atoms with E-state index < -0.39 is 11.6 Å². The van der Waals surface area contributed by atoms with Crippen molar-refractivity contribution in [2.75, 3.05) is 19.6 Å². The Morgan fingerprint density at radius 1 is 1.03 bits per heavy atom. The predicted octanol–water partition coefficient (Wildman–Crippen LogP) is 4.72. The number of unbranched alkanes of at least 4 members (excludes halogenated alkanes) is 2. The molecule has 3 heterocycles. The minimum Gasteiger partial charge on any atom is -0.322 e. The fourth-order valence-electron chi connectivity index (χ4n) is 6.14. The molecule has 8 heteroatoms. The average Bonchev–Trinajstić information content (AvgIpc) is 3.26. The summed E-state index contributed by atoms with van der Waals surface area (Å²) in [6.45, 7) is 11.1. The summed E-state index contributed by atoms with van der Waals surface area (Å²) < 4.78 is 0. The number of nitrogens with one attached hydrogen (secondary N) is 1. The van der Waals surface area contributed by atoms with E-state index in [1.807, 2.05) is 36.4 Å². The molecule has 1 atom stereocenters. The van der Waals surface area contributed by atoms with Gasteiger partial charge in [-0.3, -0.25) is 19.7 Å². The average molecular weight is 533 g/mol. The Morgan fingerprint density at radius 2 is 1.82 bits per heavy atom. The zero-order valence-corrected chi connectivity index (χ0v) is 22.3. The maximum atomic E-state index is 13.0. The molecule has 5 rings (SSSR count). The maximum absolute atomic E-state index is 13.0. The van der Waals surface area contributed by atoms with Gasteiger partial charge in [0.1, 0.15) is 6.04 Å². The van der Waals surface area contributed by atoms with E-state index in [1.165, 1.54) is 5.56 Å². The van der Waals surface area contributed by atoms with Crippen molar-refractivity contribution >= 4 is 29.3 Å². The first-order valence-electron chi connectivity index (χ1n) is 13.5. The van der Waals surface area contributed by atoms with Gasteiger partial charge in [-0.15, -0.1) is 0 Å². The highest BCUT2D eigenvalue weighted by molar-refractivity contribution is 6.31. The molecule has 2 aromatic carbocycles. The van der Waals surface area contributed by atoms with E-state index in [2.05, 4.69) is 21.1 Å². The highest BCUT2D eigenvalue weighted by Gasteiger charge is 2.43. The molecule has 2 saturated heterocycles. The Kier molecular flexibility index (Phi) is 7.83. The molecule has 3 aliphatic rings. The Bertz CT molecular complexity index is 1280. The first-order valence-corrected chi connectivity index (χ1v) is 13.9. The Balaban J connectivity index is 1.09. The quantitative estimate of drug-likeness (QED) is 0.303. The van der Waals surface area contributed by atoms with E-state index in [9.17, 15) is 14.4 Å². The second-order valence-corrected chi connectivity index (χ2v) is 11.0. The summed E-state index contributed by atoms with van der Waals surface area (Å²) in [5.41, 5.74) is 3.32. The van der Waals surface area contributed by atoms with E-state index in [1.54, 1.807) is 4.90 Å². The van der Waals surface area contributed by atoms with E-state index in [-0.39, 0.29) is 24.1 Å². The van der Waals surface area contributed by atoms with Crippen LogP contribution in [0.4, 0.5) is 0 Å². The van der Waals surface area contributed by atoms with Gasteiger partial charge in [0.25, 0.3) is 11.4 Å². The number of rotatable bonds is 8. The predicted molar refractivity (Wildman–Crippen MR) is 145 cm³/mol. The fraction of sp³-hybridized carbons (Fsp3) is 0.467. The van der Waals surface area contributed by atoms with Gasteiger partial charge in [-0.25, -0.2) is 6.57 Å². The molecule has 0 aliphatic carbocycles. The summed E-state index contributed by atoms with van der Waals surface area (Å²) in [6, 6.07) is 13.0. The van der Waals surface area contributed by atoms with Crippen LogP contribution in [-0.2, 0) is 28.1 Å². The van der Waals surface area contributed by atoms with Crippen LogP contribution < -0.4 is 5.32 Å². The highest BCUT2D eigenvalue weighted by atomic mass is 35.5. The molecular formula is C30H33ClN4O3. The van der Waals surface area contributed by atoms with Crippen LogP contribution in [0.5, 0.6) is 0 Å². The lowest BCUT2D eigenvalue weighted by molar-refractivity contribution is -0.136. The van der Waals surface area contributed by atoms with Crippen molar-refractivity contribution in [3.63, 3.8) is 0 Å². The second kappa shape index (κ2) is 11.3. The summed E-state index contributed by atoms with van der Waals surface area (Å²) >= 11 is 6.43. The van der Waals surface area contributed by atoms with Crippen molar-refractivity contribution in [3.05, 3.63) is 81.2 Å². The molecule has 198 valence electrons. The lowest BCUT2D eigenvalue weighted by Gasteiger charge is -2.34. The zero-order valence-electron chi connectivity index (χ0n) is 21.5. The number of amides is 3. The van der Waals surface area contributed by atoms with Crippen molar-refractivity contribution < 1.29 is 14.4 Å². The third-order valence-electron chi connectivity index (χ3n) is 8.37. The maximum Gasteiger partial charge on any atom is 0.261 e. The SMILES string of the molecule is [C-]#[N+]C1(c2ccccc2Cl)CCN(CCCCCc2cccc3c2CN(C2CCC(=O)NC2=O)C3=O)CC1. The number of halogens is 1. The molecule has 0 spiro atoms. The van der Waals surface area contributed by atoms with Gasteiger partial charge in [-0.05, 0) is 61.6 Å². The lowest BCUT2D eigenvalue weighted by Crippen LogP contribution is -2.52. The second-order valence-electron chi connectivity index (χ2n) is 10.6. The number of nitrogens with zero attached hydrogens (tertiary/aromatic N) is 3. The molecule has 0 aromatic heterocycles. The van der Waals surface area contributed by atoms with Gasteiger partial charge in [-0.1, -0.05) is 42.3 Å². The van der Waals surface area contributed by atoms with E-state index >= 15 is 0 Å².